The first-order chi connectivity index (χ1) is 8.61. The van der Waals surface area contributed by atoms with E-state index in [1.807, 2.05) is 37.3 Å². The van der Waals surface area contributed by atoms with Gasteiger partial charge in [-0.1, -0.05) is 22.0 Å². The summed E-state index contributed by atoms with van der Waals surface area (Å²) < 4.78 is 0.941. The lowest BCUT2D eigenvalue weighted by Crippen LogP contribution is -2.26. The second-order valence-corrected chi connectivity index (χ2v) is 4.84. The Morgan fingerprint density at radius 2 is 1.89 bits per heavy atom. The Labute approximate surface area is 115 Å². The first-order valence-corrected chi connectivity index (χ1v) is 6.33. The molecule has 2 aromatic rings. The Balaban J connectivity index is 2.35. The first kappa shape index (κ1) is 12.8. The fourth-order valence-electron chi connectivity index (χ4n) is 1.70. The molecule has 0 aliphatic heterocycles. The van der Waals surface area contributed by atoms with E-state index < -0.39 is 0 Å². The summed E-state index contributed by atoms with van der Waals surface area (Å²) in [7, 11) is 1.76. The summed E-state index contributed by atoms with van der Waals surface area (Å²) in [5.74, 6) is -0.0278. The SMILES string of the molecule is Cc1c(Br)cccc1C(=O)N(C)c1ccncc1. The van der Waals surface area contributed by atoms with Crippen molar-refractivity contribution in [2.24, 2.45) is 0 Å². The molecule has 1 amide bonds. The van der Waals surface area contributed by atoms with E-state index in [2.05, 4.69) is 20.9 Å². The van der Waals surface area contributed by atoms with E-state index in [9.17, 15) is 4.79 Å². The molecule has 0 fully saturated rings. The van der Waals surface area contributed by atoms with Crippen LogP contribution in [0.1, 0.15) is 15.9 Å². The molecule has 2 rings (SSSR count). The normalized spacial score (nSPS) is 10.2. The van der Waals surface area contributed by atoms with Gasteiger partial charge in [-0.3, -0.25) is 9.78 Å². The van der Waals surface area contributed by atoms with Crippen LogP contribution in [0, 0.1) is 6.92 Å². The van der Waals surface area contributed by atoms with Crippen LogP contribution < -0.4 is 4.90 Å². The van der Waals surface area contributed by atoms with Gasteiger partial charge in [0.15, 0.2) is 0 Å². The summed E-state index contributed by atoms with van der Waals surface area (Å²) in [6.07, 6.45) is 3.35. The summed E-state index contributed by atoms with van der Waals surface area (Å²) in [5.41, 5.74) is 2.47. The van der Waals surface area contributed by atoms with Gasteiger partial charge in [-0.15, -0.1) is 0 Å². The molecule has 0 saturated carbocycles. The highest BCUT2D eigenvalue weighted by molar-refractivity contribution is 9.10. The number of carbonyl (C=O) groups excluding carboxylic acids is 1. The third-order valence-electron chi connectivity index (χ3n) is 2.85. The van der Waals surface area contributed by atoms with Crippen molar-refractivity contribution in [1.29, 1.82) is 0 Å². The van der Waals surface area contributed by atoms with Crippen LogP contribution in [-0.4, -0.2) is 17.9 Å². The lowest BCUT2D eigenvalue weighted by atomic mass is 10.1. The summed E-state index contributed by atoms with van der Waals surface area (Å²) in [6, 6.07) is 9.25. The van der Waals surface area contributed by atoms with E-state index in [0.717, 1.165) is 15.7 Å². The monoisotopic (exact) mass is 304 g/mol. The molecule has 0 atom stereocenters. The van der Waals surface area contributed by atoms with Crippen molar-refractivity contribution in [1.82, 2.24) is 4.98 Å². The summed E-state index contributed by atoms with van der Waals surface area (Å²) in [5, 5.41) is 0. The quantitative estimate of drug-likeness (QED) is 0.851. The number of hydrogen-bond acceptors (Lipinski definition) is 2. The highest BCUT2D eigenvalue weighted by Gasteiger charge is 2.16. The molecular weight excluding hydrogens is 292 g/mol. The number of hydrogen-bond donors (Lipinski definition) is 0. The van der Waals surface area contributed by atoms with Gasteiger partial charge in [-0.05, 0) is 36.8 Å². The number of pyridine rings is 1. The minimum absolute atomic E-state index is 0.0278. The first-order valence-electron chi connectivity index (χ1n) is 5.54. The predicted octanol–water partition coefficient (Wildman–Crippen LogP) is 3.43. The van der Waals surface area contributed by atoms with Crippen LogP contribution >= 0.6 is 15.9 Å². The molecule has 18 heavy (non-hydrogen) atoms. The molecule has 4 heteroatoms. The molecule has 0 bridgehead atoms. The Kier molecular flexibility index (Phi) is 3.77. The Bertz CT molecular complexity index is 569. The molecule has 0 aliphatic rings. The fraction of sp³-hybridized carbons (Fsp3) is 0.143. The number of benzene rings is 1. The predicted molar refractivity (Wildman–Crippen MR) is 75.8 cm³/mol. The van der Waals surface area contributed by atoms with Crippen molar-refractivity contribution in [3.8, 4) is 0 Å². The fourth-order valence-corrected chi connectivity index (χ4v) is 2.07. The molecule has 0 unspecified atom stereocenters. The molecule has 1 heterocycles. The van der Waals surface area contributed by atoms with Gasteiger partial charge in [0.25, 0.3) is 5.91 Å². The zero-order valence-corrected chi connectivity index (χ0v) is 11.8. The minimum Gasteiger partial charge on any atom is -0.311 e. The van der Waals surface area contributed by atoms with E-state index in [4.69, 9.17) is 0 Å². The zero-order chi connectivity index (χ0) is 13.1. The number of nitrogens with zero attached hydrogens (tertiary/aromatic N) is 2. The second kappa shape index (κ2) is 5.31. The van der Waals surface area contributed by atoms with Crippen molar-refractivity contribution in [3.05, 3.63) is 58.3 Å². The van der Waals surface area contributed by atoms with Gasteiger partial charge in [-0.25, -0.2) is 0 Å². The average molecular weight is 305 g/mol. The lowest BCUT2D eigenvalue weighted by Gasteiger charge is -2.18. The van der Waals surface area contributed by atoms with Crippen LogP contribution in [-0.2, 0) is 0 Å². The van der Waals surface area contributed by atoms with Crippen molar-refractivity contribution in [2.45, 2.75) is 6.92 Å². The maximum Gasteiger partial charge on any atom is 0.258 e. The lowest BCUT2D eigenvalue weighted by molar-refractivity contribution is 0.0992. The van der Waals surface area contributed by atoms with Crippen molar-refractivity contribution in [2.75, 3.05) is 11.9 Å². The van der Waals surface area contributed by atoms with E-state index >= 15 is 0 Å². The Hall–Kier alpha value is -1.68. The molecule has 0 aliphatic carbocycles. The molecule has 0 spiro atoms. The third kappa shape index (κ3) is 2.43. The maximum atomic E-state index is 12.4. The molecule has 0 N–H and O–H groups in total. The van der Waals surface area contributed by atoms with Gasteiger partial charge in [0.05, 0.1) is 0 Å². The molecule has 92 valence electrons. The largest absolute Gasteiger partial charge is 0.311 e. The standard InChI is InChI=1S/C14H13BrN2O/c1-10-12(4-3-5-13(10)15)14(18)17(2)11-6-8-16-9-7-11/h3-9H,1-2H3. The summed E-state index contributed by atoms with van der Waals surface area (Å²) in [6.45, 7) is 1.93. The van der Waals surface area contributed by atoms with Gasteiger partial charge in [0, 0.05) is 35.2 Å². The number of amides is 1. The van der Waals surface area contributed by atoms with Crippen molar-refractivity contribution < 1.29 is 4.79 Å². The Morgan fingerprint density at radius 3 is 2.56 bits per heavy atom. The highest BCUT2D eigenvalue weighted by Crippen LogP contribution is 2.22. The van der Waals surface area contributed by atoms with Crippen LogP contribution in [0.5, 0.6) is 0 Å². The molecule has 3 nitrogen and oxygen atoms in total. The van der Waals surface area contributed by atoms with Gasteiger partial charge in [0.1, 0.15) is 0 Å². The van der Waals surface area contributed by atoms with Crippen molar-refractivity contribution in [3.63, 3.8) is 0 Å². The van der Waals surface area contributed by atoms with E-state index in [1.165, 1.54) is 0 Å². The molecule has 1 aromatic carbocycles. The smallest absolute Gasteiger partial charge is 0.258 e. The molecule has 1 aromatic heterocycles. The third-order valence-corrected chi connectivity index (χ3v) is 3.71. The Morgan fingerprint density at radius 1 is 1.22 bits per heavy atom. The highest BCUT2D eigenvalue weighted by atomic mass is 79.9. The van der Waals surface area contributed by atoms with Crippen LogP contribution in [0.3, 0.4) is 0 Å². The maximum absolute atomic E-state index is 12.4. The molecule has 0 saturated heterocycles. The number of rotatable bonds is 2. The van der Waals surface area contributed by atoms with E-state index in [0.29, 0.717) is 5.56 Å². The number of halogens is 1. The summed E-state index contributed by atoms with van der Waals surface area (Å²) >= 11 is 3.44. The molecule has 0 radical (unpaired) electrons. The minimum atomic E-state index is -0.0278. The van der Waals surface area contributed by atoms with E-state index in [-0.39, 0.29) is 5.91 Å². The van der Waals surface area contributed by atoms with Crippen LogP contribution in [0.2, 0.25) is 0 Å². The van der Waals surface area contributed by atoms with Gasteiger partial charge in [0.2, 0.25) is 0 Å². The second-order valence-electron chi connectivity index (χ2n) is 3.98. The molecular formula is C14H13BrN2O. The number of carbonyl (C=O) groups is 1. The number of aromatic nitrogens is 1. The van der Waals surface area contributed by atoms with Crippen molar-refractivity contribution >= 4 is 27.5 Å². The van der Waals surface area contributed by atoms with E-state index in [1.54, 1.807) is 24.3 Å². The van der Waals surface area contributed by atoms with Gasteiger partial charge < -0.3 is 4.90 Å². The van der Waals surface area contributed by atoms with Gasteiger partial charge in [-0.2, -0.15) is 0 Å². The van der Waals surface area contributed by atoms with Crippen LogP contribution in [0.25, 0.3) is 0 Å². The van der Waals surface area contributed by atoms with Crippen LogP contribution in [0.4, 0.5) is 5.69 Å². The topological polar surface area (TPSA) is 33.2 Å². The zero-order valence-electron chi connectivity index (χ0n) is 10.2. The number of anilines is 1. The average Bonchev–Trinajstić information content (AvgIpc) is 2.41. The van der Waals surface area contributed by atoms with Crippen LogP contribution in [0.15, 0.2) is 47.2 Å². The van der Waals surface area contributed by atoms with Gasteiger partial charge >= 0.3 is 0 Å². The summed E-state index contributed by atoms with van der Waals surface area (Å²) in [4.78, 5) is 18.0.